The summed E-state index contributed by atoms with van der Waals surface area (Å²) in [4.78, 5) is 31.0. The Hall–Kier alpha value is -2.73. The Labute approximate surface area is 212 Å². The van der Waals surface area contributed by atoms with Gasteiger partial charge >= 0.3 is 6.09 Å². The molecule has 0 unspecified atom stereocenters. The third kappa shape index (κ3) is 4.99. The van der Waals surface area contributed by atoms with E-state index in [0.717, 1.165) is 15.8 Å². The third-order valence-electron chi connectivity index (χ3n) is 5.80. The Kier molecular flexibility index (Phi) is 7.32. The van der Waals surface area contributed by atoms with E-state index in [1.54, 1.807) is 6.92 Å². The average molecular weight is 537 g/mol. The molecule has 2 aromatic carbocycles. The fraction of sp³-hybridized carbons (Fsp3) is 0.348. The molecule has 3 aromatic rings. The predicted molar refractivity (Wildman–Crippen MR) is 134 cm³/mol. The van der Waals surface area contributed by atoms with Gasteiger partial charge in [0.2, 0.25) is 10.0 Å². The lowest BCUT2D eigenvalue weighted by atomic mass is 10.2. The van der Waals surface area contributed by atoms with Gasteiger partial charge in [0.15, 0.2) is 4.80 Å². The number of aryl methyl sites for hydroxylation is 2. The van der Waals surface area contributed by atoms with Gasteiger partial charge in [-0.3, -0.25) is 4.79 Å². The molecule has 9 nitrogen and oxygen atoms in total. The first-order chi connectivity index (χ1) is 16.6. The van der Waals surface area contributed by atoms with Gasteiger partial charge in [-0.05, 0) is 49.7 Å². The lowest BCUT2D eigenvalue weighted by Crippen LogP contribution is -2.50. The van der Waals surface area contributed by atoms with Gasteiger partial charge < -0.3 is 14.2 Å². The number of hydrogen-bond acceptors (Lipinski definition) is 6. The maximum Gasteiger partial charge on any atom is 0.409 e. The number of hydrogen-bond donors (Lipinski definition) is 0. The smallest absolute Gasteiger partial charge is 0.409 e. The van der Waals surface area contributed by atoms with Crippen LogP contribution in [0.2, 0.25) is 5.02 Å². The maximum absolute atomic E-state index is 13.0. The second-order valence-corrected chi connectivity index (χ2v) is 11.3. The first-order valence-electron chi connectivity index (χ1n) is 11.0. The van der Waals surface area contributed by atoms with Crippen molar-refractivity contribution < 1.29 is 22.7 Å². The number of piperazine rings is 1. The van der Waals surface area contributed by atoms with Crippen LogP contribution in [0, 0.1) is 6.92 Å². The van der Waals surface area contributed by atoms with Crippen molar-refractivity contribution in [1.29, 1.82) is 0 Å². The number of carbonyl (C=O) groups excluding carboxylic acids is 2. The molecule has 1 fully saturated rings. The fourth-order valence-electron chi connectivity index (χ4n) is 3.91. The Balaban J connectivity index is 1.52. The van der Waals surface area contributed by atoms with Crippen LogP contribution >= 0.6 is 22.9 Å². The number of amides is 2. The molecule has 4 rings (SSSR count). The highest BCUT2D eigenvalue weighted by molar-refractivity contribution is 7.89. The second-order valence-electron chi connectivity index (χ2n) is 8.02. The summed E-state index contributed by atoms with van der Waals surface area (Å²) in [6.07, 6.45) is -0.444. The van der Waals surface area contributed by atoms with Crippen molar-refractivity contribution in [3.8, 4) is 0 Å². The summed E-state index contributed by atoms with van der Waals surface area (Å²) >= 11 is 7.64. The van der Waals surface area contributed by atoms with Gasteiger partial charge in [0.1, 0.15) is 0 Å². The molecule has 2 amide bonds. The van der Waals surface area contributed by atoms with Gasteiger partial charge in [-0.15, -0.1) is 0 Å². The van der Waals surface area contributed by atoms with E-state index in [0.29, 0.717) is 9.82 Å². The standard InChI is InChI=1S/C23H25ClN4O5S2/c1-4-33-23(30)27-11-13-28(14-12-27)35(31,32)17-8-6-16(7-9-17)21(29)25-22-26(3)19-15(2)5-10-18(24)20(19)34-22/h5-10H,4,11-14H2,1-3H3. The molecule has 0 saturated carbocycles. The molecule has 0 spiro atoms. The summed E-state index contributed by atoms with van der Waals surface area (Å²) in [5.41, 5.74) is 2.21. The highest BCUT2D eigenvalue weighted by Gasteiger charge is 2.30. The van der Waals surface area contributed by atoms with Crippen LogP contribution in [0.4, 0.5) is 4.79 Å². The lowest BCUT2D eigenvalue weighted by Gasteiger charge is -2.33. The topological polar surface area (TPSA) is 101 Å². The number of aromatic nitrogens is 1. The Morgan fingerprint density at radius 1 is 1.09 bits per heavy atom. The largest absolute Gasteiger partial charge is 0.450 e. The number of rotatable bonds is 4. The molecule has 186 valence electrons. The summed E-state index contributed by atoms with van der Waals surface area (Å²) in [6, 6.07) is 9.46. The summed E-state index contributed by atoms with van der Waals surface area (Å²) < 4.78 is 35.1. The van der Waals surface area contributed by atoms with E-state index < -0.39 is 22.0 Å². The number of carbonyl (C=O) groups is 2. The highest BCUT2D eigenvalue weighted by atomic mass is 35.5. The zero-order valence-corrected chi connectivity index (χ0v) is 21.9. The van der Waals surface area contributed by atoms with E-state index >= 15 is 0 Å². The molecule has 1 aromatic heterocycles. The third-order valence-corrected chi connectivity index (χ3v) is 9.31. The quantitative estimate of drug-likeness (QED) is 0.508. The van der Waals surface area contributed by atoms with Crippen LogP contribution in [0.3, 0.4) is 0 Å². The fourth-order valence-corrected chi connectivity index (χ4v) is 6.70. The number of benzene rings is 2. The minimum absolute atomic E-state index is 0.0773. The maximum atomic E-state index is 13.0. The van der Waals surface area contributed by atoms with Crippen molar-refractivity contribution in [2.24, 2.45) is 12.0 Å². The predicted octanol–water partition coefficient (Wildman–Crippen LogP) is 3.41. The van der Waals surface area contributed by atoms with Crippen molar-refractivity contribution in [3.05, 3.63) is 57.3 Å². The van der Waals surface area contributed by atoms with Crippen molar-refractivity contribution >= 4 is 55.2 Å². The Morgan fingerprint density at radius 2 is 1.74 bits per heavy atom. The van der Waals surface area contributed by atoms with E-state index in [1.165, 1.54) is 44.8 Å². The van der Waals surface area contributed by atoms with Crippen molar-refractivity contribution in [2.45, 2.75) is 18.7 Å². The summed E-state index contributed by atoms with van der Waals surface area (Å²) in [5, 5.41) is 0.595. The molecule has 1 saturated heterocycles. The lowest BCUT2D eigenvalue weighted by molar-refractivity contribution is 0.0933. The van der Waals surface area contributed by atoms with E-state index in [1.807, 2.05) is 30.7 Å². The zero-order valence-electron chi connectivity index (χ0n) is 19.5. The van der Waals surface area contributed by atoms with Crippen molar-refractivity contribution in [2.75, 3.05) is 32.8 Å². The summed E-state index contributed by atoms with van der Waals surface area (Å²) in [7, 11) is -1.94. The van der Waals surface area contributed by atoms with Gasteiger partial charge in [0, 0.05) is 38.8 Å². The van der Waals surface area contributed by atoms with Crippen molar-refractivity contribution in [3.63, 3.8) is 0 Å². The Bertz CT molecular complexity index is 1450. The van der Waals surface area contributed by atoms with Crippen LogP contribution in [0.25, 0.3) is 10.2 Å². The minimum Gasteiger partial charge on any atom is -0.450 e. The van der Waals surface area contributed by atoms with Crippen LogP contribution < -0.4 is 4.80 Å². The molecular formula is C23H25ClN4O5S2. The number of thiazole rings is 1. The highest BCUT2D eigenvalue weighted by Crippen LogP contribution is 2.28. The number of fused-ring (bicyclic) bond motifs is 1. The normalized spacial score (nSPS) is 15.5. The van der Waals surface area contributed by atoms with Gasteiger partial charge in [-0.1, -0.05) is 29.0 Å². The number of ether oxygens (including phenoxy) is 1. The second kappa shape index (κ2) is 10.1. The number of halogens is 1. The van der Waals surface area contributed by atoms with Gasteiger partial charge in [-0.2, -0.15) is 9.30 Å². The van der Waals surface area contributed by atoms with Gasteiger partial charge in [0.25, 0.3) is 5.91 Å². The molecule has 0 N–H and O–H groups in total. The van der Waals surface area contributed by atoms with Crippen LogP contribution in [-0.4, -0.2) is 67.0 Å². The number of nitrogens with zero attached hydrogens (tertiary/aromatic N) is 4. The van der Waals surface area contributed by atoms with Crippen LogP contribution in [0.1, 0.15) is 22.8 Å². The summed E-state index contributed by atoms with van der Waals surface area (Å²) in [6.45, 7) is 4.80. The van der Waals surface area contributed by atoms with Crippen LogP contribution in [0.15, 0.2) is 46.3 Å². The molecule has 0 radical (unpaired) electrons. The van der Waals surface area contributed by atoms with Crippen LogP contribution in [-0.2, 0) is 21.8 Å². The molecule has 12 heteroatoms. The van der Waals surface area contributed by atoms with E-state index in [9.17, 15) is 18.0 Å². The molecule has 1 aliphatic rings. The monoisotopic (exact) mass is 536 g/mol. The molecule has 1 aliphatic heterocycles. The SMILES string of the molecule is CCOC(=O)N1CCN(S(=O)(=O)c2ccc(C(=O)N=c3sc4c(Cl)ccc(C)c4n3C)cc2)CC1. The van der Waals surface area contributed by atoms with Gasteiger partial charge in [0.05, 0.1) is 26.7 Å². The molecule has 0 atom stereocenters. The van der Waals surface area contributed by atoms with Gasteiger partial charge in [-0.25, -0.2) is 13.2 Å². The van der Waals surface area contributed by atoms with E-state index in [4.69, 9.17) is 16.3 Å². The van der Waals surface area contributed by atoms with Crippen LogP contribution in [0.5, 0.6) is 0 Å². The van der Waals surface area contributed by atoms with Crippen molar-refractivity contribution in [1.82, 2.24) is 13.8 Å². The molecular weight excluding hydrogens is 512 g/mol. The molecule has 0 bridgehead atoms. The summed E-state index contributed by atoms with van der Waals surface area (Å²) in [5.74, 6) is -0.479. The molecule has 2 heterocycles. The first kappa shape index (κ1) is 25.4. The molecule has 0 aliphatic carbocycles. The average Bonchev–Trinajstić information content (AvgIpc) is 3.18. The Morgan fingerprint density at radius 3 is 2.34 bits per heavy atom. The van der Waals surface area contributed by atoms with E-state index in [-0.39, 0.29) is 43.2 Å². The number of sulfonamides is 1. The van der Waals surface area contributed by atoms with E-state index in [2.05, 4.69) is 4.99 Å². The zero-order chi connectivity index (χ0) is 25.3. The molecule has 35 heavy (non-hydrogen) atoms. The minimum atomic E-state index is -3.76. The first-order valence-corrected chi connectivity index (χ1v) is 13.6.